The first-order chi connectivity index (χ1) is 12.7. The van der Waals surface area contributed by atoms with E-state index in [1.807, 2.05) is 0 Å². The third-order valence-electron chi connectivity index (χ3n) is 4.97. The average molecular weight is 389 g/mol. The van der Waals surface area contributed by atoms with Gasteiger partial charge in [-0.15, -0.1) is 0 Å². The molecule has 2 aromatic rings. The van der Waals surface area contributed by atoms with Gasteiger partial charge in [-0.25, -0.2) is 0 Å². The minimum absolute atomic E-state index is 0.0897. The van der Waals surface area contributed by atoms with E-state index in [0.717, 1.165) is 35.4 Å². The molecule has 0 saturated carbocycles. The van der Waals surface area contributed by atoms with E-state index in [2.05, 4.69) is 41.9 Å². The fourth-order valence-corrected chi connectivity index (χ4v) is 4.07. The quantitative estimate of drug-likeness (QED) is 0.692. The summed E-state index contributed by atoms with van der Waals surface area (Å²) < 4.78 is 33.1. The minimum Gasteiger partial charge on any atom is -0.496 e. The van der Waals surface area contributed by atoms with E-state index < -0.39 is 10.1 Å². The van der Waals surface area contributed by atoms with Crippen LogP contribution in [0.4, 0.5) is 17.1 Å². The van der Waals surface area contributed by atoms with Crippen molar-refractivity contribution in [2.75, 3.05) is 35.9 Å². The zero-order valence-electron chi connectivity index (χ0n) is 15.7. The number of methoxy groups -OCH3 is 1. The molecule has 2 aliphatic rings. The number of ether oxygens (including phenoxy) is 1. The highest BCUT2D eigenvalue weighted by Crippen LogP contribution is 2.46. The Labute approximate surface area is 159 Å². The molecule has 1 atom stereocenters. The van der Waals surface area contributed by atoms with Crippen molar-refractivity contribution in [1.29, 1.82) is 0 Å². The van der Waals surface area contributed by atoms with E-state index in [4.69, 9.17) is 8.92 Å². The van der Waals surface area contributed by atoms with E-state index in [1.54, 1.807) is 25.3 Å². The molecule has 0 amide bonds. The van der Waals surface area contributed by atoms with E-state index >= 15 is 0 Å². The first kappa shape index (κ1) is 17.8. The normalized spacial score (nSPS) is 19.3. The molecule has 2 heterocycles. The summed E-state index contributed by atoms with van der Waals surface area (Å²) in [5.41, 5.74) is 5.45. The lowest BCUT2D eigenvalue weighted by molar-refractivity contribution is 0.405. The van der Waals surface area contributed by atoms with E-state index in [0.29, 0.717) is 5.75 Å². The molecule has 27 heavy (non-hydrogen) atoms. The molecule has 4 rings (SSSR count). The Morgan fingerprint density at radius 2 is 1.78 bits per heavy atom. The maximum atomic E-state index is 11.3. The maximum Gasteiger partial charge on any atom is 0.306 e. The van der Waals surface area contributed by atoms with Gasteiger partial charge in [0.15, 0.2) is 0 Å². The Morgan fingerprint density at radius 3 is 2.44 bits per heavy atom. The molecule has 0 aliphatic carbocycles. The molecule has 2 aliphatic heterocycles. The maximum absolute atomic E-state index is 11.3. The van der Waals surface area contributed by atoms with Gasteiger partial charge in [-0.2, -0.15) is 8.42 Å². The summed E-state index contributed by atoms with van der Waals surface area (Å²) in [4.78, 5) is 0. The van der Waals surface area contributed by atoms with Crippen molar-refractivity contribution in [3.63, 3.8) is 0 Å². The fraction of sp³-hybridized carbons (Fsp3) is 0.368. The van der Waals surface area contributed by atoms with Crippen LogP contribution in [-0.2, 0) is 15.5 Å². The smallest absolute Gasteiger partial charge is 0.306 e. The predicted molar refractivity (Wildman–Crippen MR) is 106 cm³/mol. The van der Waals surface area contributed by atoms with Crippen LogP contribution in [0.3, 0.4) is 0 Å². The number of anilines is 3. The minimum atomic E-state index is -3.59. The van der Waals surface area contributed by atoms with Crippen LogP contribution in [0.1, 0.15) is 31.1 Å². The highest BCUT2D eigenvalue weighted by molar-refractivity contribution is 7.86. The van der Waals surface area contributed by atoms with Gasteiger partial charge in [0, 0.05) is 29.3 Å². The fourth-order valence-electron chi connectivity index (χ4n) is 3.62. The van der Waals surface area contributed by atoms with Crippen LogP contribution < -0.4 is 24.9 Å². The van der Waals surface area contributed by atoms with Crippen LogP contribution in [0, 0.1) is 0 Å². The number of fused-ring (bicyclic) bond motifs is 2. The van der Waals surface area contributed by atoms with Gasteiger partial charge in [0.25, 0.3) is 0 Å². The monoisotopic (exact) mass is 389 g/mol. The van der Waals surface area contributed by atoms with Crippen LogP contribution in [0.2, 0.25) is 0 Å². The standard InChI is InChI=1S/C19H23N3O4S/c1-19(2)10-20-14-9-16-15(8-13(14)19)21-18(22-16)12-6-5-11(7-17(12)25-3)26-27(4,23)24/h5-9,18,20-22H,10H2,1-4H3. The molecule has 7 nitrogen and oxygen atoms in total. The van der Waals surface area contributed by atoms with Crippen molar-refractivity contribution in [2.45, 2.75) is 25.4 Å². The molecule has 3 N–H and O–H groups in total. The molecule has 0 bridgehead atoms. The van der Waals surface area contributed by atoms with Crippen LogP contribution in [0.25, 0.3) is 0 Å². The highest BCUT2D eigenvalue weighted by atomic mass is 32.2. The number of hydrogen-bond donors (Lipinski definition) is 3. The van der Waals surface area contributed by atoms with Crippen molar-refractivity contribution in [1.82, 2.24) is 0 Å². The Bertz CT molecular complexity index is 1020. The summed E-state index contributed by atoms with van der Waals surface area (Å²) in [6, 6.07) is 9.31. The number of hydrogen-bond acceptors (Lipinski definition) is 7. The van der Waals surface area contributed by atoms with Crippen molar-refractivity contribution in [3.8, 4) is 11.5 Å². The molecule has 0 fully saturated rings. The largest absolute Gasteiger partial charge is 0.496 e. The highest BCUT2D eigenvalue weighted by Gasteiger charge is 2.33. The molecule has 0 spiro atoms. The van der Waals surface area contributed by atoms with E-state index in [-0.39, 0.29) is 17.3 Å². The summed E-state index contributed by atoms with van der Waals surface area (Å²) >= 11 is 0. The topological polar surface area (TPSA) is 88.7 Å². The first-order valence-corrected chi connectivity index (χ1v) is 10.5. The Balaban J connectivity index is 1.63. The van der Waals surface area contributed by atoms with Crippen molar-refractivity contribution in [3.05, 3.63) is 41.5 Å². The van der Waals surface area contributed by atoms with Crippen molar-refractivity contribution >= 4 is 27.2 Å². The Hall–Kier alpha value is -2.61. The van der Waals surface area contributed by atoms with Crippen LogP contribution in [0.5, 0.6) is 11.5 Å². The summed E-state index contributed by atoms with van der Waals surface area (Å²) in [7, 11) is -2.04. The summed E-state index contributed by atoms with van der Waals surface area (Å²) in [5.74, 6) is 0.762. The van der Waals surface area contributed by atoms with Gasteiger partial charge in [0.05, 0.1) is 24.7 Å². The first-order valence-electron chi connectivity index (χ1n) is 8.69. The average Bonchev–Trinajstić information content (AvgIpc) is 3.12. The lowest BCUT2D eigenvalue weighted by atomic mass is 9.86. The molecular weight excluding hydrogens is 366 g/mol. The van der Waals surface area contributed by atoms with Gasteiger partial charge in [0.2, 0.25) is 0 Å². The third kappa shape index (κ3) is 3.25. The van der Waals surface area contributed by atoms with E-state index in [9.17, 15) is 8.42 Å². The van der Waals surface area contributed by atoms with Gasteiger partial charge in [-0.1, -0.05) is 13.8 Å². The predicted octanol–water partition coefficient (Wildman–Crippen LogP) is 3.27. The molecule has 0 saturated heterocycles. The molecule has 2 aromatic carbocycles. The molecule has 144 valence electrons. The van der Waals surface area contributed by atoms with Crippen molar-refractivity contribution < 1.29 is 17.3 Å². The van der Waals surface area contributed by atoms with Gasteiger partial charge < -0.3 is 24.9 Å². The van der Waals surface area contributed by atoms with Gasteiger partial charge in [-0.05, 0) is 29.8 Å². The number of benzene rings is 2. The second-order valence-electron chi connectivity index (χ2n) is 7.59. The molecule has 8 heteroatoms. The Kier molecular flexibility index (Phi) is 3.92. The number of nitrogens with one attached hydrogen (secondary N) is 3. The number of rotatable bonds is 4. The zero-order valence-corrected chi connectivity index (χ0v) is 16.5. The van der Waals surface area contributed by atoms with Crippen LogP contribution in [0.15, 0.2) is 30.3 Å². The van der Waals surface area contributed by atoms with E-state index in [1.165, 1.54) is 5.56 Å². The Morgan fingerprint density at radius 1 is 1.07 bits per heavy atom. The second kappa shape index (κ2) is 5.95. The van der Waals surface area contributed by atoms with Gasteiger partial charge in [-0.3, -0.25) is 0 Å². The SMILES string of the molecule is COc1cc(OS(C)(=O)=O)ccc1C1Nc2cc3c(cc2N1)C(C)(C)CN3. The second-order valence-corrected chi connectivity index (χ2v) is 9.17. The van der Waals surface area contributed by atoms with Gasteiger partial charge >= 0.3 is 10.1 Å². The van der Waals surface area contributed by atoms with Crippen molar-refractivity contribution in [2.24, 2.45) is 0 Å². The zero-order chi connectivity index (χ0) is 19.4. The summed E-state index contributed by atoms with van der Waals surface area (Å²) in [6.45, 7) is 5.37. The third-order valence-corrected chi connectivity index (χ3v) is 5.47. The summed E-state index contributed by atoms with van der Waals surface area (Å²) in [6.07, 6.45) is 0.826. The lowest BCUT2D eigenvalue weighted by Crippen LogP contribution is -2.19. The molecule has 1 unspecified atom stereocenters. The molecule has 0 aromatic heterocycles. The lowest BCUT2D eigenvalue weighted by Gasteiger charge is -2.18. The van der Waals surface area contributed by atoms with Crippen LogP contribution >= 0.6 is 0 Å². The van der Waals surface area contributed by atoms with Crippen LogP contribution in [-0.4, -0.2) is 28.3 Å². The summed E-state index contributed by atoms with van der Waals surface area (Å²) in [5, 5.41) is 10.4. The molecular formula is C19H23N3O4S. The van der Waals surface area contributed by atoms with Gasteiger partial charge in [0.1, 0.15) is 17.7 Å². The molecule has 0 radical (unpaired) electrons.